The van der Waals surface area contributed by atoms with Gasteiger partial charge in [0.2, 0.25) is 0 Å². The summed E-state index contributed by atoms with van der Waals surface area (Å²) < 4.78 is 0. The van der Waals surface area contributed by atoms with Gasteiger partial charge in [0.25, 0.3) is 0 Å². The second kappa shape index (κ2) is 10.7. The van der Waals surface area contributed by atoms with Gasteiger partial charge in [-0.15, -0.1) is 0 Å². The quantitative estimate of drug-likeness (QED) is 0.414. The summed E-state index contributed by atoms with van der Waals surface area (Å²) >= 11 is -0.346. The number of rotatable bonds is 5. The molecule has 3 heterocycles. The van der Waals surface area contributed by atoms with E-state index in [9.17, 15) is 19.5 Å². The first-order valence-corrected chi connectivity index (χ1v) is 12.2. The standard InChI is InChI=1S/C18H11N3O6.2ClH.Ru/c22-16(23)9-1-3-19-12(5-9)14-7-11(18(26)27)8-15(21-14)13-6-10(17(24)25)2-4-20-13;;;/h1-8H,(H,22,23)(H,24,25)(H,26,27);2*1H;/q;;;+2/p-2. The van der Waals surface area contributed by atoms with Crippen LogP contribution in [-0.2, 0) is 15.1 Å². The van der Waals surface area contributed by atoms with Crippen molar-refractivity contribution < 1.29 is 44.8 Å². The zero-order chi connectivity index (χ0) is 22.3. The van der Waals surface area contributed by atoms with Gasteiger partial charge in [0, 0.05) is 12.4 Å². The van der Waals surface area contributed by atoms with Gasteiger partial charge in [0.15, 0.2) is 0 Å². The van der Waals surface area contributed by atoms with E-state index >= 15 is 0 Å². The molecule has 0 amide bonds. The monoisotopic (exact) mass is 537 g/mol. The Bertz CT molecular complexity index is 1040. The number of aromatic nitrogens is 3. The molecule has 0 saturated heterocycles. The third-order valence-corrected chi connectivity index (χ3v) is 3.61. The Hall–Kier alpha value is -2.94. The molecule has 3 aromatic heterocycles. The van der Waals surface area contributed by atoms with Crippen LogP contribution < -0.4 is 0 Å². The van der Waals surface area contributed by atoms with Crippen molar-refractivity contribution in [3.63, 3.8) is 0 Å². The van der Waals surface area contributed by atoms with Crippen molar-refractivity contribution >= 4 is 37.3 Å². The Morgan fingerprint density at radius 2 is 1.00 bits per heavy atom. The van der Waals surface area contributed by atoms with E-state index in [0.717, 1.165) is 0 Å². The van der Waals surface area contributed by atoms with Crippen molar-refractivity contribution in [3.05, 3.63) is 65.5 Å². The summed E-state index contributed by atoms with van der Waals surface area (Å²) in [5, 5.41) is 27.6. The number of hydrogen-bond donors (Lipinski definition) is 3. The number of aromatic carboxylic acids is 3. The Balaban J connectivity index is 0.00000101. The molecule has 3 rings (SSSR count). The molecule has 0 aliphatic heterocycles. The number of nitrogens with zero attached hydrogens (tertiary/aromatic N) is 3. The van der Waals surface area contributed by atoms with Crippen LogP contribution in [0.2, 0.25) is 0 Å². The van der Waals surface area contributed by atoms with E-state index in [1.54, 1.807) is 0 Å². The molecule has 0 fully saturated rings. The molecule has 3 aromatic rings. The topological polar surface area (TPSA) is 151 Å². The molecule has 0 atom stereocenters. The number of hydrogen-bond acceptors (Lipinski definition) is 6. The minimum atomic E-state index is -1.23. The Morgan fingerprint density at radius 3 is 1.33 bits per heavy atom. The van der Waals surface area contributed by atoms with E-state index in [1.807, 2.05) is 0 Å². The normalized spacial score (nSPS) is 10.1. The molecular weight excluding hydrogens is 526 g/mol. The zero-order valence-electron chi connectivity index (χ0n) is 14.6. The summed E-state index contributed by atoms with van der Waals surface area (Å²) in [6.45, 7) is 0. The third kappa shape index (κ3) is 6.03. The second-order valence-electron chi connectivity index (χ2n) is 5.45. The first-order chi connectivity index (χ1) is 14.3. The predicted octanol–water partition coefficient (Wildman–Crippen LogP) is 3.68. The fourth-order valence-electron chi connectivity index (χ4n) is 2.32. The van der Waals surface area contributed by atoms with Crippen LogP contribution in [0.3, 0.4) is 0 Å². The van der Waals surface area contributed by atoms with Crippen LogP contribution in [-0.4, -0.2) is 48.2 Å². The van der Waals surface area contributed by atoms with Crippen LogP contribution in [0.4, 0.5) is 0 Å². The fourth-order valence-corrected chi connectivity index (χ4v) is 2.32. The summed E-state index contributed by atoms with van der Waals surface area (Å²) in [4.78, 5) is 46.1. The SMILES string of the molecule is O=C(O)c1ccnc(-c2cc(C(=O)O)cc(-c3cc(C(=O)O)ccn3)n2)c1.[Cl][Ru][Cl]. The van der Waals surface area contributed by atoms with E-state index in [-0.39, 0.29) is 54.6 Å². The van der Waals surface area contributed by atoms with Crippen molar-refractivity contribution in [2.45, 2.75) is 0 Å². The molecule has 3 N–H and O–H groups in total. The van der Waals surface area contributed by atoms with E-state index in [4.69, 9.17) is 29.6 Å². The van der Waals surface area contributed by atoms with Crippen molar-refractivity contribution in [2.75, 3.05) is 0 Å². The molecule has 0 aromatic carbocycles. The van der Waals surface area contributed by atoms with E-state index in [1.165, 1.54) is 48.8 Å². The molecular formula is C18H11Cl2N3O6Ru. The van der Waals surface area contributed by atoms with Gasteiger partial charge in [-0.3, -0.25) is 9.97 Å². The Labute approximate surface area is 185 Å². The predicted molar refractivity (Wildman–Crippen MR) is 103 cm³/mol. The van der Waals surface area contributed by atoms with Gasteiger partial charge in [-0.05, 0) is 36.4 Å². The number of pyridine rings is 3. The summed E-state index contributed by atoms with van der Waals surface area (Å²) in [7, 11) is 9.71. The average Bonchev–Trinajstić information content (AvgIpc) is 2.74. The molecule has 30 heavy (non-hydrogen) atoms. The van der Waals surface area contributed by atoms with Gasteiger partial charge >= 0.3 is 52.4 Å². The van der Waals surface area contributed by atoms with Crippen LogP contribution in [0.15, 0.2) is 48.8 Å². The van der Waals surface area contributed by atoms with Gasteiger partial charge in [-0.2, -0.15) is 0 Å². The number of carboxylic acids is 3. The maximum absolute atomic E-state index is 11.5. The molecule has 0 unspecified atom stereocenters. The van der Waals surface area contributed by atoms with Crippen LogP contribution in [0, 0.1) is 0 Å². The third-order valence-electron chi connectivity index (χ3n) is 3.61. The van der Waals surface area contributed by atoms with Crippen molar-refractivity contribution in [3.8, 4) is 22.8 Å². The Morgan fingerprint density at radius 1 is 0.667 bits per heavy atom. The van der Waals surface area contributed by atoms with E-state index in [2.05, 4.69) is 15.0 Å². The molecule has 9 nitrogen and oxygen atoms in total. The molecule has 0 bridgehead atoms. The molecule has 0 spiro atoms. The Kier molecular flexibility index (Phi) is 8.35. The van der Waals surface area contributed by atoms with Gasteiger partial charge in [-0.25, -0.2) is 19.4 Å². The second-order valence-corrected chi connectivity index (χ2v) is 8.09. The van der Waals surface area contributed by atoms with Gasteiger partial charge in [0.1, 0.15) is 0 Å². The van der Waals surface area contributed by atoms with Crippen LogP contribution in [0.5, 0.6) is 0 Å². The van der Waals surface area contributed by atoms with Crippen molar-refractivity contribution in [1.82, 2.24) is 15.0 Å². The first kappa shape index (κ1) is 23.3. The van der Waals surface area contributed by atoms with Crippen LogP contribution >= 0.6 is 19.4 Å². The molecule has 156 valence electrons. The molecule has 0 saturated carbocycles. The van der Waals surface area contributed by atoms with Crippen LogP contribution in [0.1, 0.15) is 31.1 Å². The summed E-state index contributed by atoms with van der Waals surface area (Å²) in [6, 6.07) is 7.63. The van der Waals surface area contributed by atoms with E-state index < -0.39 is 17.9 Å². The molecule has 0 radical (unpaired) electrons. The molecule has 0 aliphatic rings. The van der Waals surface area contributed by atoms with Crippen LogP contribution in [0.25, 0.3) is 22.8 Å². The van der Waals surface area contributed by atoms with Crippen molar-refractivity contribution in [2.24, 2.45) is 0 Å². The molecule has 0 aliphatic carbocycles. The summed E-state index contributed by atoms with van der Waals surface area (Å²) in [5.74, 6) is -3.56. The number of carbonyl (C=O) groups is 3. The zero-order valence-corrected chi connectivity index (χ0v) is 17.9. The summed E-state index contributed by atoms with van der Waals surface area (Å²) in [6.07, 6.45) is 2.55. The van der Waals surface area contributed by atoms with Crippen molar-refractivity contribution in [1.29, 1.82) is 0 Å². The number of halogens is 2. The van der Waals surface area contributed by atoms with Gasteiger partial charge in [-0.1, -0.05) is 0 Å². The van der Waals surface area contributed by atoms with Gasteiger partial charge < -0.3 is 15.3 Å². The van der Waals surface area contributed by atoms with E-state index in [0.29, 0.717) is 0 Å². The molecule has 12 heteroatoms. The number of carboxylic acid groups (broad SMARTS) is 3. The summed E-state index contributed by atoms with van der Waals surface area (Å²) in [5.41, 5.74) is 0.374. The average molecular weight is 537 g/mol. The minimum absolute atomic E-state index is 0.0323. The maximum atomic E-state index is 11.5. The fraction of sp³-hybridized carbons (Fsp3) is 0. The van der Waals surface area contributed by atoms with Gasteiger partial charge in [0.05, 0.1) is 39.5 Å². The first-order valence-electron chi connectivity index (χ1n) is 7.76.